The normalized spacial score (nSPS) is 39.3. The quantitative estimate of drug-likeness (QED) is 0.528. The van der Waals surface area contributed by atoms with Crippen molar-refractivity contribution in [3.63, 3.8) is 0 Å². The van der Waals surface area contributed by atoms with E-state index in [4.69, 9.17) is 0 Å². The smallest absolute Gasteiger partial charge is 0.0756 e. The van der Waals surface area contributed by atoms with Crippen LogP contribution in [0.25, 0.3) is 0 Å². The molecular formula is C27H44O2. The van der Waals surface area contributed by atoms with Crippen molar-refractivity contribution >= 4 is 0 Å². The van der Waals surface area contributed by atoms with Crippen molar-refractivity contribution in [2.24, 2.45) is 29.1 Å². The second-order valence-corrected chi connectivity index (χ2v) is 11.0. The first-order chi connectivity index (χ1) is 13.7. The summed E-state index contributed by atoms with van der Waals surface area (Å²) in [6.45, 7) is 13.8. The summed E-state index contributed by atoms with van der Waals surface area (Å²) >= 11 is 0. The lowest BCUT2D eigenvalue weighted by molar-refractivity contribution is 0.0442. The third-order valence-corrected chi connectivity index (χ3v) is 8.45. The number of rotatable bonds is 6. The Morgan fingerprint density at radius 1 is 1.07 bits per heavy atom. The van der Waals surface area contributed by atoms with Crippen LogP contribution in [0.1, 0.15) is 91.9 Å². The van der Waals surface area contributed by atoms with Crippen molar-refractivity contribution in [1.29, 1.82) is 0 Å². The molecule has 0 amide bonds. The predicted octanol–water partition coefficient (Wildman–Crippen LogP) is 6.59. The van der Waals surface area contributed by atoms with Crippen LogP contribution in [0, 0.1) is 29.1 Å². The SMILES string of the molecule is C=C1CC[C@H](O)C/C1=C/C=C1/C(O)CC[C@]2(C)[C@@H]([C@H](C)CCCC(C)C)CC[C@@H]12. The molecule has 3 saturated carbocycles. The maximum Gasteiger partial charge on any atom is 0.0756 e. The largest absolute Gasteiger partial charge is 0.393 e. The summed E-state index contributed by atoms with van der Waals surface area (Å²) in [6.07, 6.45) is 14.8. The minimum absolute atomic E-state index is 0.241. The molecule has 0 bridgehead atoms. The summed E-state index contributed by atoms with van der Waals surface area (Å²) in [5, 5.41) is 20.9. The second kappa shape index (κ2) is 9.52. The number of hydrogen-bond acceptors (Lipinski definition) is 2. The maximum atomic E-state index is 10.8. The third-order valence-electron chi connectivity index (χ3n) is 8.45. The molecule has 3 aliphatic rings. The number of allylic oxidation sites excluding steroid dienone is 3. The van der Waals surface area contributed by atoms with Gasteiger partial charge in [0.05, 0.1) is 12.2 Å². The summed E-state index contributed by atoms with van der Waals surface area (Å²) < 4.78 is 0. The molecular weight excluding hydrogens is 356 g/mol. The number of aliphatic hydroxyl groups is 2. The lowest BCUT2D eigenvalue weighted by Crippen LogP contribution is -2.40. The first kappa shape index (κ1) is 22.8. The van der Waals surface area contributed by atoms with Gasteiger partial charge in [-0.2, -0.15) is 0 Å². The Morgan fingerprint density at radius 2 is 1.83 bits per heavy atom. The van der Waals surface area contributed by atoms with Crippen LogP contribution >= 0.6 is 0 Å². The molecule has 2 N–H and O–H groups in total. The fraction of sp³-hybridized carbons (Fsp3) is 0.778. The van der Waals surface area contributed by atoms with Gasteiger partial charge in [-0.15, -0.1) is 0 Å². The molecule has 0 heterocycles. The predicted molar refractivity (Wildman–Crippen MR) is 123 cm³/mol. The Labute approximate surface area is 179 Å². The van der Waals surface area contributed by atoms with Crippen LogP contribution < -0.4 is 0 Å². The van der Waals surface area contributed by atoms with Gasteiger partial charge in [0, 0.05) is 0 Å². The zero-order valence-electron chi connectivity index (χ0n) is 19.3. The Kier molecular flexibility index (Phi) is 7.49. The minimum Gasteiger partial charge on any atom is -0.393 e. The van der Waals surface area contributed by atoms with Gasteiger partial charge in [0.25, 0.3) is 0 Å². The molecule has 2 heteroatoms. The van der Waals surface area contributed by atoms with Crippen LogP contribution in [0.3, 0.4) is 0 Å². The van der Waals surface area contributed by atoms with E-state index in [1.807, 2.05) is 0 Å². The average molecular weight is 401 g/mol. The van der Waals surface area contributed by atoms with Crippen molar-refractivity contribution in [2.75, 3.05) is 0 Å². The van der Waals surface area contributed by atoms with Crippen molar-refractivity contribution < 1.29 is 10.2 Å². The van der Waals surface area contributed by atoms with Crippen LogP contribution in [0.15, 0.2) is 35.5 Å². The van der Waals surface area contributed by atoms with E-state index in [0.29, 0.717) is 17.8 Å². The Morgan fingerprint density at radius 3 is 2.55 bits per heavy atom. The lowest BCUT2D eigenvalue weighted by atomic mass is 9.60. The Balaban J connectivity index is 1.75. The van der Waals surface area contributed by atoms with E-state index in [2.05, 4.69) is 46.4 Å². The monoisotopic (exact) mass is 400 g/mol. The van der Waals surface area contributed by atoms with Gasteiger partial charge in [-0.1, -0.05) is 71.3 Å². The van der Waals surface area contributed by atoms with E-state index in [0.717, 1.165) is 49.0 Å². The molecule has 164 valence electrons. The molecule has 6 atom stereocenters. The topological polar surface area (TPSA) is 40.5 Å². The molecule has 1 unspecified atom stereocenters. The fourth-order valence-electron chi connectivity index (χ4n) is 6.61. The van der Waals surface area contributed by atoms with Crippen molar-refractivity contribution in [3.8, 4) is 0 Å². The van der Waals surface area contributed by atoms with Gasteiger partial charge in [-0.3, -0.25) is 0 Å². The number of aliphatic hydroxyl groups excluding tert-OH is 2. The van der Waals surface area contributed by atoms with Crippen molar-refractivity contribution in [2.45, 2.75) is 104 Å². The molecule has 3 rings (SSSR count). The first-order valence-electron chi connectivity index (χ1n) is 12.2. The van der Waals surface area contributed by atoms with E-state index < -0.39 is 0 Å². The minimum atomic E-state index is -0.304. The summed E-state index contributed by atoms with van der Waals surface area (Å²) in [5.41, 5.74) is 3.90. The fourth-order valence-corrected chi connectivity index (χ4v) is 6.61. The average Bonchev–Trinajstić information content (AvgIpc) is 3.01. The van der Waals surface area contributed by atoms with Crippen LogP contribution in [0.2, 0.25) is 0 Å². The van der Waals surface area contributed by atoms with Crippen LogP contribution in [0.5, 0.6) is 0 Å². The summed E-state index contributed by atoms with van der Waals surface area (Å²) in [5.74, 6) is 2.85. The van der Waals surface area contributed by atoms with Gasteiger partial charge in [-0.05, 0) is 85.2 Å². The molecule has 3 fully saturated rings. The van der Waals surface area contributed by atoms with Crippen molar-refractivity contribution in [1.82, 2.24) is 0 Å². The molecule has 3 aliphatic carbocycles. The van der Waals surface area contributed by atoms with E-state index in [1.165, 1.54) is 43.3 Å². The van der Waals surface area contributed by atoms with E-state index in [-0.39, 0.29) is 12.2 Å². The Bertz CT molecular complexity index is 643. The van der Waals surface area contributed by atoms with Gasteiger partial charge in [0.2, 0.25) is 0 Å². The van der Waals surface area contributed by atoms with Gasteiger partial charge in [-0.25, -0.2) is 0 Å². The first-order valence-corrected chi connectivity index (χ1v) is 12.2. The van der Waals surface area contributed by atoms with Crippen molar-refractivity contribution in [3.05, 3.63) is 35.5 Å². The van der Waals surface area contributed by atoms with E-state index in [1.54, 1.807) is 0 Å². The molecule has 29 heavy (non-hydrogen) atoms. The molecule has 2 nitrogen and oxygen atoms in total. The maximum absolute atomic E-state index is 10.8. The zero-order chi connectivity index (χ0) is 21.2. The highest BCUT2D eigenvalue weighted by Crippen LogP contribution is 2.60. The second-order valence-electron chi connectivity index (χ2n) is 11.0. The lowest BCUT2D eigenvalue weighted by Gasteiger charge is -2.46. The molecule has 0 aromatic rings. The Hall–Kier alpha value is -0.860. The molecule has 0 spiro atoms. The van der Waals surface area contributed by atoms with Gasteiger partial charge < -0.3 is 10.2 Å². The zero-order valence-corrected chi connectivity index (χ0v) is 19.3. The van der Waals surface area contributed by atoms with Crippen LogP contribution in [0.4, 0.5) is 0 Å². The molecule has 0 saturated heterocycles. The molecule has 0 radical (unpaired) electrons. The van der Waals surface area contributed by atoms with Gasteiger partial charge >= 0.3 is 0 Å². The van der Waals surface area contributed by atoms with E-state index >= 15 is 0 Å². The molecule has 0 aromatic heterocycles. The van der Waals surface area contributed by atoms with Gasteiger partial charge in [0.15, 0.2) is 0 Å². The van der Waals surface area contributed by atoms with Crippen LogP contribution in [-0.4, -0.2) is 22.4 Å². The standard InChI is InChI=1S/C27H44O2/c1-18(2)7-6-8-20(4)24-13-14-25-23(26(29)15-16-27(24,25)5)12-10-21-17-22(28)11-9-19(21)3/h10,12,18,20,22,24-26,28-29H,3,6-9,11,13-17H2,1-2,4-5H3/b21-10-,23-12+/t20-,22+,24-,25+,26?,27-/m1/s1. The summed E-state index contributed by atoms with van der Waals surface area (Å²) in [7, 11) is 0. The van der Waals surface area contributed by atoms with Gasteiger partial charge in [0.1, 0.15) is 0 Å². The third kappa shape index (κ3) is 5.07. The number of fused-ring (bicyclic) bond motifs is 1. The highest BCUT2D eigenvalue weighted by Gasteiger charge is 2.52. The highest BCUT2D eigenvalue weighted by atomic mass is 16.3. The molecule has 0 aromatic carbocycles. The number of hydrogen-bond donors (Lipinski definition) is 2. The molecule has 0 aliphatic heterocycles. The van der Waals surface area contributed by atoms with E-state index in [9.17, 15) is 10.2 Å². The van der Waals surface area contributed by atoms with Crippen LogP contribution in [-0.2, 0) is 0 Å². The highest BCUT2D eigenvalue weighted by molar-refractivity contribution is 5.37. The summed E-state index contributed by atoms with van der Waals surface area (Å²) in [6, 6.07) is 0. The summed E-state index contributed by atoms with van der Waals surface area (Å²) in [4.78, 5) is 0.